The molecule has 3 heteroatoms. The van der Waals surface area contributed by atoms with Crippen molar-refractivity contribution in [3.63, 3.8) is 0 Å². The Hall–Kier alpha value is -0.570. The minimum Gasteiger partial charge on any atom is -0.356 e. The second-order valence-electron chi connectivity index (χ2n) is 3.90. The van der Waals surface area contributed by atoms with Gasteiger partial charge in [-0.25, -0.2) is 0 Å². The molecule has 1 rings (SSSR count). The summed E-state index contributed by atoms with van der Waals surface area (Å²) in [5.41, 5.74) is 5.47. The summed E-state index contributed by atoms with van der Waals surface area (Å²) in [7, 11) is 0. The molecule has 0 unspecified atom stereocenters. The largest absolute Gasteiger partial charge is 0.356 e. The molecule has 0 saturated heterocycles. The molecule has 0 aromatic rings. The van der Waals surface area contributed by atoms with Crippen LogP contribution in [0, 0.1) is 5.41 Å². The van der Waals surface area contributed by atoms with Gasteiger partial charge in [0.05, 0.1) is 5.41 Å². The molecule has 13 heavy (non-hydrogen) atoms. The Morgan fingerprint density at radius 3 is 2.46 bits per heavy atom. The van der Waals surface area contributed by atoms with Gasteiger partial charge in [-0.1, -0.05) is 19.3 Å². The molecule has 3 nitrogen and oxygen atoms in total. The topological polar surface area (TPSA) is 55.1 Å². The van der Waals surface area contributed by atoms with Gasteiger partial charge in [0.25, 0.3) is 0 Å². The molecule has 0 aromatic heterocycles. The maximum absolute atomic E-state index is 11.8. The maximum atomic E-state index is 11.8. The summed E-state index contributed by atoms with van der Waals surface area (Å²) in [6.07, 6.45) is 5.48. The lowest BCUT2D eigenvalue weighted by molar-refractivity contribution is -0.132. The molecule has 0 aromatic carbocycles. The molecular weight excluding hydrogens is 164 g/mol. The molecule has 0 atom stereocenters. The summed E-state index contributed by atoms with van der Waals surface area (Å²) in [5.74, 6) is 0.164. The van der Waals surface area contributed by atoms with Crippen molar-refractivity contribution in [3.05, 3.63) is 0 Å². The van der Waals surface area contributed by atoms with Gasteiger partial charge in [-0.05, 0) is 19.8 Å². The minimum absolute atomic E-state index is 0.164. The van der Waals surface area contributed by atoms with E-state index in [0.717, 1.165) is 25.7 Å². The van der Waals surface area contributed by atoms with E-state index in [0.29, 0.717) is 13.1 Å². The number of carbonyl (C=O) groups excluding carboxylic acids is 1. The number of amides is 1. The lowest BCUT2D eigenvalue weighted by Crippen LogP contribution is -2.47. The Bertz CT molecular complexity index is 174. The van der Waals surface area contributed by atoms with E-state index in [-0.39, 0.29) is 11.3 Å². The maximum Gasteiger partial charge on any atom is 0.227 e. The molecule has 1 aliphatic carbocycles. The van der Waals surface area contributed by atoms with Crippen molar-refractivity contribution in [1.29, 1.82) is 0 Å². The molecule has 0 spiro atoms. The van der Waals surface area contributed by atoms with E-state index >= 15 is 0 Å². The van der Waals surface area contributed by atoms with E-state index in [9.17, 15) is 4.79 Å². The van der Waals surface area contributed by atoms with Gasteiger partial charge in [-0.15, -0.1) is 0 Å². The lowest BCUT2D eigenvalue weighted by Gasteiger charge is -2.34. The second-order valence-corrected chi connectivity index (χ2v) is 3.90. The summed E-state index contributed by atoms with van der Waals surface area (Å²) < 4.78 is 0. The number of carbonyl (C=O) groups is 1. The van der Waals surface area contributed by atoms with E-state index in [2.05, 4.69) is 5.32 Å². The van der Waals surface area contributed by atoms with Crippen molar-refractivity contribution < 1.29 is 4.79 Å². The molecule has 0 radical (unpaired) electrons. The Morgan fingerprint density at radius 1 is 1.38 bits per heavy atom. The summed E-state index contributed by atoms with van der Waals surface area (Å²) in [6.45, 7) is 3.16. The number of hydrogen-bond donors (Lipinski definition) is 2. The van der Waals surface area contributed by atoms with Crippen molar-refractivity contribution in [2.45, 2.75) is 39.0 Å². The monoisotopic (exact) mass is 184 g/mol. The number of hydrogen-bond acceptors (Lipinski definition) is 2. The van der Waals surface area contributed by atoms with Crippen LogP contribution in [-0.4, -0.2) is 19.0 Å². The molecule has 0 bridgehead atoms. The van der Waals surface area contributed by atoms with E-state index in [1.54, 1.807) is 0 Å². The standard InChI is InChI=1S/C10H20N2O/c1-2-12-9(13)10(8-11)6-4-3-5-7-10/h2-8,11H2,1H3,(H,12,13). The van der Waals surface area contributed by atoms with Gasteiger partial charge in [-0.2, -0.15) is 0 Å². The first-order valence-electron chi connectivity index (χ1n) is 5.23. The number of rotatable bonds is 3. The van der Waals surface area contributed by atoms with Crippen LogP contribution in [0.4, 0.5) is 0 Å². The molecule has 76 valence electrons. The highest BCUT2D eigenvalue weighted by Gasteiger charge is 2.37. The van der Waals surface area contributed by atoms with Gasteiger partial charge in [0.1, 0.15) is 0 Å². The average molecular weight is 184 g/mol. The number of nitrogens with one attached hydrogen (secondary N) is 1. The number of nitrogens with two attached hydrogens (primary N) is 1. The van der Waals surface area contributed by atoms with Crippen LogP contribution in [0.2, 0.25) is 0 Å². The Kier molecular flexibility index (Phi) is 3.72. The molecule has 0 heterocycles. The summed E-state index contributed by atoms with van der Waals surface area (Å²) in [4.78, 5) is 11.8. The zero-order chi connectivity index (χ0) is 9.73. The normalized spacial score (nSPS) is 21.1. The van der Waals surface area contributed by atoms with Crippen LogP contribution in [0.15, 0.2) is 0 Å². The van der Waals surface area contributed by atoms with Crippen molar-refractivity contribution in [2.75, 3.05) is 13.1 Å². The van der Waals surface area contributed by atoms with Crippen LogP contribution in [-0.2, 0) is 4.79 Å². The highest BCUT2D eigenvalue weighted by molar-refractivity contribution is 5.82. The van der Waals surface area contributed by atoms with Crippen LogP contribution < -0.4 is 11.1 Å². The van der Waals surface area contributed by atoms with Crippen molar-refractivity contribution in [3.8, 4) is 0 Å². The van der Waals surface area contributed by atoms with Gasteiger partial charge in [0.15, 0.2) is 0 Å². The molecule has 1 aliphatic rings. The van der Waals surface area contributed by atoms with Crippen LogP contribution >= 0.6 is 0 Å². The van der Waals surface area contributed by atoms with E-state index in [4.69, 9.17) is 5.73 Å². The van der Waals surface area contributed by atoms with Crippen molar-refractivity contribution in [1.82, 2.24) is 5.32 Å². The van der Waals surface area contributed by atoms with Crippen LogP contribution in [0.3, 0.4) is 0 Å². The highest BCUT2D eigenvalue weighted by Crippen LogP contribution is 2.35. The third-order valence-electron chi connectivity index (χ3n) is 3.02. The first kappa shape index (κ1) is 10.5. The molecule has 1 fully saturated rings. The molecular formula is C10H20N2O. The second kappa shape index (κ2) is 4.61. The predicted molar refractivity (Wildman–Crippen MR) is 53.3 cm³/mol. The van der Waals surface area contributed by atoms with Gasteiger partial charge in [-0.3, -0.25) is 4.79 Å². The zero-order valence-corrected chi connectivity index (χ0v) is 8.44. The van der Waals surface area contributed by atoms with Gasteiger partial charge >= 0.3 is 0 Å². The predicted octanol–water partition coefficient (Wildman–Crippen LogP) is 1.03. The van der Waals surface area contributed by atoms with Gasteiger partial charge in [0.2, 0.25) is 5.91 Å². The third-order valence-corrected chi connectivity index (χ3v) is 3.02. The summed E-state index contributed by atoms with van der Waals surface area (Å²) >= 11 is 0. The zero-order valence-electron chi connectivity index (χ0n) is 8.44. The molecule has 3 N–H and O–H groups in total. The van der Waals surface area contributed by atoms with Crippen molar-refractivity contribution >= 4 is 5.91 Å². The van der Waals surface area contributed by atoms with E-state index in [1.807, 2.05) is 6.92 Å². The fourth-order valence-corrected chi connectivity index (χ4v) is 2.10. The Morgan fingerprint density at radius 2 is 2.00 bits per heavy atom. The van der Waals surface area contributed by atoms with Gasteiger partial charge < -0.3 is 11.1 Å². The lowest BCUT2D eigenvalue weighted by atomic mass is 9.73. The van der Waals surface area contributed by atoms with E-state index < -0.39 is 0 Å². The summed E-state index contributed by atoms with van der Waals surface area (Å²) in [5, 5.41) is 2.89. The minimum atomic E-state index is -0.242. The quantitative estimate of drug-likeness (QED) is 0.688. The molecule has 1 amide bonds. The fraction of sp³-hybridized carbons (Fsp3) is 0.900. The molecule has 1 saturated carbocycles. The average Bonchev–Trinajstić information content (AvgIpc) is 2.19. The smallest absolute Gasteiger partial charge is 0.227 e. The first-order chi connectivity index (χ1) is 6.25. The van der Waals surface area contributed by atoms with Gasteiger partial charge in [0, 0.05) is 13.1 Å². The van der Waals surface area contributed by atoms with Crippen LogP contribution in [0.5, 0.6) is 0 Å². The SMILES string of the molecule is CCNC(=O)C1(CN)CCCCC1. The molecule has 0 aliphatic heterocycles. The first-order valence-corrected chi connectivity index (χ1v) is 5.23. The summed E-state index contributed by atoms with van der Waals surface area (Å²) in [6, 6.07) is 0. The van der Waals surface area contributed by atoms with E-state index in [1.165, 1.54) is 6.42 Å². The van der Waals surface area contributed by atoms with Crippen LogP contribution in [0.1, 0.15) is 39.0 Å². The Labute approximate surface area is 80.1 Å². The Balaban J connectivity index is 2.61. The van der Waals surface area contributed by atoms with Crippen molar-refractivity contribution in [2.24, 2.45) is 11.1 Å². The highest BCUT2D eigenvalue weighted by atomic mass is 16.2. The van der Waals surface area contributed by atoms with Crippen LogP contribution in [0.25, 0.3) is 0 Å². The third kappa shape index (κ3) is 2.21. The fourth-order valence-electron chi connectivity index (χ4n) is 2.10.